The molecule has 4 nitrogen and oxygen atoms in total. The Labute approximate surface area is 180 Å². The van der Waals surface area contributed by atoms with Gasteiger partial charge >= 0.3 is 0 Å². The van der Waals surface area contributed by atoms with Gasteiger partial charge in [0.15, 0.2) is 0 Å². The van der Waals surface area contributed by atoms with E-state index >= 15 is 0 Å². The van der Waals surface area contributed by atoms with Gasteiger partial charge in [-0.2, -0.15) is 0 Å². The zero-order chi connectivity index (χ0) is 20.9. The van der Waals surface area contributed by atoms with Crippen molar-refractivity contribution in [3.05, 3.63) is 114 Å². The van der Waals surface area contributed by atoms with E-state index in [1.165, 1.54) is 10.5 Å². The van der Waals surface area contributed by atoms with Crippen LogP contribution in [0.25, 0.3) is 5.57 Å². The first-order valence-electron chi connectivity index (χ1n) is 10.6. The van der Waals surface area contributed by atoms with Crippen LogP contribution in [0.3, 0.4) is 0 Å². The fourth-order valence-electron chi connectivity index (χ4n) is 5.58. The molecule has 3 aromatic rings. The minimum Gasteiger partial charge on any atom is -0.467 e. The van der Waals surface area contributed by atoms with E-state index in [-0.39, 0.29) is 42.0 Å². The number of fused-ring (bicyclic) bond motifs is 5. The van der Waals surface area contributed by atoms with Crippen molar-refractivity contribution in [1.82, 2.24) is 4.90 Å². The Morgan fingerprint density at radius 3 is 1.77 bits per heavy atom. The van der Waals surface area contributed by atoms with Crippen molar-refractivity contribution in [2.45, 2.75) is 6.54 Å². The molecule has 1 saturated carbocycles. The zero-order valence-corrected chi connectivity index (χ0v) is 16.8. The lowest BCUT2D eigenvalue weighted by Crippen LogP contribution is -2.32. The molecular weight excluding hydrogens is 386 g/mol. The molecule has 6 rings (SSSR count). The molecule has 4 atom stereocenters. The average Bonchev–Trinajstić information content (AvgIpc) is 3.58. The summed E-state index contributed by atoms with van der Waals surface area (Å²) in [5.74, 6) is -0.286. The first kappa shape index (κ1) is 18.1. The summed E-state index contributed by atoms with van der Waals surface area (Å²) in [5, 5.41) is 0. The van der Waals surface area contributed by atoms with Crippen LogP contribution in [0, 0.1) is 23.7 Å². The Hall–Kier alpha value is -3.66. The van der Waals surface area contributed by atoms with Gasteiger partial charge in [0.1, 0.15) is 5.76 Å². The Morgan fingerprint density at radius 1 is 0.742 bits per heavy atom. The number of allylic oxidation sites excluding steroid dienone is 3. The molecule has 0 N–H and O–H groups in total. The number of amides is 2. The molecule has 0 spiro atoms. The first-order chi connectivity index (χ1) is 15.2. The number of rotatable bonds is 4. The van der Waals surface area contributed by atoms with Gasteiger partial charge in [0, 0.05) is 11.8 Å². The van der Waals surface area contributed by atoms with Crippen molar-refractivity contribution in [2.24, 2.45) is 23.7 Å². The minimum absolute atomic E-state index is 0.0523. The molecule has 2 bridgehead atoms. The summed E-state index contributed by atoms with van der Waals surface area (Å²) < 4.78 is 5.39. The maximum Gasteiger partial charge on any atom is 0.234 e. The second-order valence-corrected chi connectivity index (χ2v) is 8.39. The van der Waals surface area contributed by atoms with Crippen LogP contribution in [-0.2, 0) is 16.1 Å². The highest BCUT2D eigenvalue weighted by Crippen LogP contribution is 2.58. The lowest BCUT2D eigenvalue weighted by molar-refractivity contribution is -0.141. The SMILES string of the molecule is O=C1[C@H]2[C@H](C(=O)N1Cc1ccco1)[C@H]1C=C[C@H]2C1=C(c1ccccc1)c1ccccc1. The van der Waals surface area contributed by atoms with E-state index in [9.17, 15) is 9.59 Å². The summed E-state index contributed by atoms with van der Waals surface area (Å²) in [6.07, 6.45) is 5.84. The fraction of sp³-hybridized carbons (Fsp3) is 0.185. The van der Waals surface area contributed by atoms with Crippen molar-refractivity contribution in [3.8, 4) is 0 Å². The van der Waals surface area contributed by atoms with E-state index in [1.54, 1.807) is 18.4 Å². The summed E-state index contributed by atoms with van der Waals surface area (Å²) >= 11 is 0. The molecule has 3 aliphatic rings. The number of hydrogen-bond acceptors (Lipinski definition) is 3. The lowest BCUT2D eigenvalue weighted by atomic mass is 9.85. The van der Waals surface area contributed by atoms with Crippen LogP contribution in [-0.4, -0.2) is 16.7 Å². The van der Waals surface area contributed by atoms with Crippen LogP contribution in [0.4, 0.5) is 0 Å². The van der Waals surface area contributed by atoms with Gasteiger partial charge in [-0.1, -0.05) is 72.8 Å². The van der Waals surface area contributed by atoms with E-state index in [2.05, 4.69) is 36.4 Å². The molecule has 2 heterocycles. The van der Waals surface area contributed by atoms with Crippen LogP contribution in [0.2, 0.25) is 0 Å². The van der Waals surface area contributed by atoms with E-state index in [0.717, 1.165) is 16.7 Å². The Balaban J connectivity index is 1.45. The maximum atomic E-state index is 13.4. The summed E-state index contributed by atoms with van der Waals surface area (Å²) in [6, 6.07) is 24.2. The number of benzene rings is 2. The van der Waals surface area contributed by atoms with Gasteiger partial charge in [-0.05, 0) is 34.4 Å². The summed E-state index contributed by atoms with van der Waals surface area (Å²) in [5.41, 5.74) is 4.59. The Morgan fingerprint density at radius 2 is 1.29 bits per heavy atom. The monoisotopic (exact) mass is 407 g/mol. The van der Waals surface area contributed by atoms with Gasteiger partial charge in [0.25, 0.3) is 0 Å². The van der Waals surface area contributed by atoms with Crippen LogP contribution < -0.4 is 0 Å². The number of carbonyl (C=O) groups excluding carboxylic acids is 2. The predicted molar refractivity (Wildman–Crippen MR) is 116 cm³/mol. The van der Waals surface area contributed by atoms with E-state index in [1.807, 2.05) is 36.4 Å². The third-order valence-corrected chi connectivity index (χ3v) is 6.81. The third-order valence-electron chi connectivity index (χ3n) is 6.81. The smallest absolute Gasteiger partial charge is 0.234 e. The minimum atomic E-state index is -0.324. The van der Waals surface area contributed by atoms with Gasteiger partial charge in [-0.25, -0.2) is 0 Å². The molecule has 152 valence electrons. The molecule has 1 aliphatic heterocycles. The lowest BCUT2D eigenvalue weighted by Gasteiger charge is -2.21. The molecule has 2 aliphatic carbocycles. The highest BCUT2D eigenvalue weighted by Gasteiger charge is 2.62. The van der Waals surface area contributed by atoms with E-state index in [4.69, 9.17) is 4.42 Å². The fourth-order valence-corrected chi connectivity index (χ4v) is 5.58. The van der Waals surface area contributed by atoms with Crippen LogP contribution in [0.5, 0.6) is 0 Å². The molecule has 4 heteroatoms. The molecule has 0 unspecified atom stereocenters. The maximum absolute atomic E-state index is 13.4. The van der Waals surface area contributed by atoms with Gasteiger partial charge < -0.3 is 4.42 Å². The molecule has 31 heavy (non-hydrogen) atoms. The van der Waals surface area contributed by atoms with Crippen molar-refractivity contribution < 1.29 is 14.0 Å². The van der Waals surface area contributed by atoms with E-state index in [0.29, 0.717) is 5.76 Å². The number of carbonyl (C=O) groups is 2. The second kappa shape index (κ2) is 6.95. The number of likely N-dealkylation sites (tertiary alicyclic amines) is 1. The number of furan rings is 1. The highest BCUT2D eigenvalue weighted by atomic mass is 16.3. The largest absolute Gasteiger partial charge is 0.467 e. The van der Waals surface area contributed by atoms with Crippen LogP contribution in [0.1, 0.15) is 16.9 Å². The number of imide groups is 1. The summed E-state index contributed by atoms with van der Waals surface area (Å²) in [6.45, 7) is 0.209. The summed E-state index contributed by atoms with van der Waals surface area (Å²) in [4.78, 5) is 28.1. The standard InChI is InChI=1S/C27H21NO3/c29-26-24-20-13-14-21(25(24)27(30)28(26)16-19-12-7-15-31-19)23(20)22(17-8-3-1-4-9-17)18-10-5-2-6-11-18/h1-15,20-21,24-25H,16H2/t20-,21-,24+,25+/m0/s1. The molecular formula is C27H21NO3. The highest BCUT2D eigenvalue weighted by molar-refractivity contribution is 6.08. The van der Waals surface area contributed by atoms with Gasteiger partial charge in [0.2, 0.25) is 11.8 Å². The topological polar surface area (TPSA) is 50.5 Å². The van der Waals surface area contributed by atoms with Gasteiger partial charge in [-0.3, -0.25) is 14.5 Å². The second-order valence-electron chi connectivity index (χ2n) is 8.39. The van der Waals surface area contributed by atoms with Crippen molar-refractivity contribution in [3.63, 3.8) is 0 Å². The van der Waals surface area contributed by atoms with Gasteiger partial charge in [0.05, 0.1) is 24.6 Å². The molecule has 2 fully saturated rings. The number of hydrogen-bond donors (Lipinski definition) is 0. The van der Waals surface area contributed by atoms with Crippen molar-refractivity contribution in [1.29, 1.82) is 0 Å². The Kier molecular flexibility index (Phi) is 4.06. The third kappa shape index (κ3) is 2.68. The molecule has 2 amide bonds. The molecule has 1 saturated heterocycles. The average molecular weight is 407 g/mol. The quantitative estimate of drug-likeness (QED) is 0.465. The van der Waals surface area contributed by atoms with Gasteiger partial charge in [-0.15, -0.1) is 0 Å². The van der Waals surface area contributed by atoms with Crippen molar-refractivity contribution >= 4 is 17.4 Å². The molecule has 0 radical (unpaired) electrons. The zero-order valence-electron chi connectivity index (χ0n) is 16.8. The van der Waals surface area contributed by atoms with Crippen LogP contribution >= 0.6 is 0 Å². The van der Waals surface area contributed by atoms with E-state index < -0.39 is 0 Å². The normalized spacial score (nSPS) is 26.1. The first-order valence-corrected chi connectivity index (χ1v) is 10.6. The van der Waals surface area contributed by atoms with Crippen LogP contribution in [0.15, 0.2) is 101 Å². The summed E-state index contributed by atoms with van der Waals surface area (Å²) in [7, 11) is 0. The van der Waals surface area contributed by atoms with Crippen molar-refractivity contribution in [2.75, 3.05) is 0 Å². The number of nitrogens with zero attached hydrogens (tertiary/aromatic N) is 1. The molecule has 1 aromatic heterocycles. The predicted octanol–water partition coefficient (Wildman–Crippen LogP) is 4.70. The Bertz CT molecular complexity index is 1130. The molecule has 2 aromatic carbocycles.